The minimum Gasteiger partial charge on any atom is -0.492 e. The zero-order chi connectivity index (χ0) is 29.8. The van der Waals surface area contributed by atoms with Crippen molar-refractivity contribution in [1.29, 1.82) is 0 Å². The predicted octanol–water partition coefficient (Wildman–Crippen LogP) is 7.22. The molecule has 0 amide bonds. The number of esters is 1. The molecule has 8 heteroatoms. The minimum absolute atomic E-state index is 0.0931. The lowest BCUT2D eigenvalue weighted by Crippen LogP contribution is -2.26. The second kappa shape index (κ2) is 12.8. The van der Waals surface area contributed by atoms with Crippen LogP contribution in [-0.4, -0.2) is 49.1 Å². The molecule has 2 aliphatic heterocycles. The van der Waals surface area contributed by atoms with Gasteiger partial charge in [0.25, 0.3) is 0 Å². The number of nitrogens with zero attached hydrogens (tertiary/aromatic N) is 4. The van der Waals surface area contributed by atoms with Crippen LogP contribution in [0.5, 0.6) is 11.5 Å². The van der Waals surface area contributed by atoms with Gasteiger partial charge in [0, 0.05) is 18.2 Å². The average molecular weight is 576 g/mol. The Morgan fingerprint density at radius 1 is 0.953 bits per heavy atom. The molecule has 3 aliphatic rings. The Morgan fingerprint density at radius 2 is 1.70 bits per heavy atom. The molecule has 2 heterocycles. The van der Waals surface area contributed by atoms with E-state index in [2.05, 4.69) is 33.4 Å². The number of anilines is 1. The van der Waals surface area contributed by atoms with Crippen LogP contribution in [0.4, 0.5) is 5.69 Å². The van der Waals surface area contributed by atoms with E-state index in [1.165, 1.54) is 25.9 Å². The summed E-state index contributed by atoms with van der Waals surface area (Å²) in [6, 6.07) is 20.8. The number of benzene rings is 3. The van der Waals surface area contributed by atoms with Crippen LogP contribution in [-0.2, 0) is 0 Å². The van der Waals surface area contributed by atoms with Gasteiger partial charge < -0.3 is 14.8 Å². The van der Waals surface area contributed by atoms with Crippen molar-refractivity contribution in [2.24, 2.45) is 21.1 Å². The Labute approximate surface area is 252 Å². The lowest BCUT2D eigenvalue weighted by Gasteiger charge is -2.26. The predicted molar refractivity (Wildman–Crippen MR) is 170 cm³/mol. The number of nitrogens with one attached hydrogen (secondary N) is 1. The van der Waals surface area contributed by atoms with Gasteiger partial charge in [0.05, 0.1) is 11.3 Å². The molecule has 1 aliphatic carbocycles. The van der Waals surface area contributed by atoms with Crippen molar-refractivity contribution in [2.75, 3.05) is 31.6 Å². The van der Waals surface area contributed by atoms with Gasteiger partial charge in [0.1, 0.15) is 24.1 Å². The largest absolute Gasteiger partial charge is 0.492 e. The molecular formula is C35H37N5O3. The van der Waals surface area contributed by atoms with Crippen LogP contribution < -0.4 is 14.8 Å². The number of likely N-dealkylation sites (tertiary alicyclic amines) is 1. The third-order valence-electron chi connectivity index (χ3n) is 8.07. The molecule has 220 valence electrons. The molecule has 0 spiro atoms. The maximum absolute atomic E-state index is 12.7. The van der Waals surface area contributed by atoms with Crippen LogP contribution in [0.1, 0.15) is 46.8 Å². The first-order valence-electron chi connectivity index (χ1n) is 15.0. The second-order valence-electron chi connectivity index (χ2n) is 11.4. The summed E-state index contributed by atoms with van der Waals surface area (Å²) in [5.74, 6) is 1.54. The lowest BCUT2D eigenvalue weighted by atomic mass is 9.86. The van der Waals surface area contributed by atoms with Crippen molar-refractivity contribution in [3.05, 3.63) is 107 Å². The Morgan fingerprint density at radius 3 is 2.47 bits per heavy atom. The molecule has 1 saturated heterocycles. The van der Waals surface area contributed by atoms with E-state index in [-0.39, 0.29) is 17.9 Å². The quantitative estimate of drug-likeness (QED) is 0.226. The molecule has 3 aromatic rings. The zero-order valence-corrected chi connectivity index (χ0v) is 24.9. The lowest BCUT2D eigenvalue weighted by molar-refractivity contribution is 0.0734. The highest BCUT2D eigenvalue weighted by atomic mass is 16.5. The number of rotatable bonds is 8. The first kappa shape index (κ1) is 28.6. The maximum atomic E-state index is 12.7. The molecule has 6 rings (SSSR count). The Hall–Kier alpha value is -4.56. The number of aryl methyl sites for hydroxylation is 2. The van der Waals surface area contributed by atoms with Gasteiger partial charge in [-0.2, -0.15) is 0 Å². The summed E-state index contributed by atoms with van der Waals surface area (Å²) in [6.07, 6.45) is 6.80. The van der Waals surface area contributed by atoms with Crippen LogP contribution in [0.2, 0.25) is 0 Å². The van der Waals surface area contributed by atoms with E-state index in [0.717, 1.165) is 45.9 Å². The first-order chi connectivity index (χ1) is 20.9. The molecule has 43 heavy (non-hydrogen) atoms. The summed E-state index contributed by atoms with van der Waals surface area (Å²) in [4.78, 5) is 20.0. The molecular weight excluding hydrogens is 538 g/mol. The van der Waals surface area contributed by atoms with Crippen LogP contribution in [0.25, 0.3) is 5.57 Å². The SMILES string of the molecule is Cc1ccc(C(=O)Oc2ccc(C)c(C3=CC(C)C4N=C(Nc5ccc(OCCN6CCCC6)cc5)N=NC4=C3)c2)cc1. The highest BCUT2D eigenvalue weighted by Crippen LogP contribution is 2.36. The Bertz CT molecular complexity index is 1600. The van der Waals surface area contributed by atoms with E-state index in [9.17, 15) is 4.79 Å². The fraction of sp³-hybridized carbons (Fsp3) is 0.314. The second-order valence-corrected chi connectivity index (χ2v) is 11.4. The van der Waals surface area contributed by atoms with E-state index < -0.39 is 0 Å². The van der Waals surface area contributed by atoms with Crippen molar-refractivity contribution >= 4 is 23.2 Å². The van der Waals surface area contributed by atoms with Gasteiger partial charge in [-0.3, -0.25) is 4.90 Å². The standard InChI is InChI=1S/C35H37N5O3/c1-23-6-9-26(10-7-23)34(41)43-30-13-8-24(2)31(22-30)27-20-25(3)33-32(21-27)38-39-35(37-33)36-28-11-14-29(15-12-28)42-19-18-40-16-4-5-17-40/h6-15,20-22,25,33H,4-5,16-19H2,1-3H3,(H,36,37). The van der Waals surface area contributed by atoms with Crippen LogP contribution >= 0.6 is 0 Å². The number of aliphatic imine (C=N–C) groups is 1. The third kappa shape index (κ3) is 6.92. The van der Waals surface area contributed by atoms with Crippen molar-refractivity contribution < 1.29 is 14.3 Å². The number of hydrogen-bond donors (Lipinski definition) is 1. The van der Waals surface area contributed by atoms with Crippen LogP contribution in [0.15, 0.2) is 99.8 Å². The monoisotopic (exact) mass is 575 g/mol. The molecule has 0 bridgehead atoms. The van der Waals surface area contributed by atoms with Crippen molar-refractivity contribution in [3.63, 3.8) is 0 Å². The van der Waals surface area contributed by atoms with Gasteiger partial charge in [-0.05, 0) is 111 Å². The number of allylic oxidation sites excluding steroid dienone is 2. The third-order valence-corrected chi connectivity index (χ3v) is 8.07. The fourth-order valence-corrected chi connectivity index (χ4v) is 5.59. The number of guanidine groups is 1. The van der Waals surface area contributed by atoms with Gasteiger partial charge in [0.15, 0.2) is 0 Å². The number of azo groups is 1. The topological polar surface area (TPSA) is 87.9 Å². The number of hydrogen-bond acceptors (Lipinski definition) is 8. The summed E-state index contributed by atoms with van der Waals surface area (Å²) >= 11 is 0. The molecule has 1 fully saturated rings. The molecule has 2 atom stereocenters. The Balaban J connectivity index is 1.09. The van der Waals surface area contributed by atoms with E-state index in [1.54, 1.807) is 12.1 Å². The van der Waals surface area contributed by atoms with Gasteiger partial charge in [0.2, 0.25) is 5.96 Å². The normalized spacial score (nSPS) is 19.7. The van der Waals surface area contributed by atoms with Gasteiger partial charge >= 0.3 is 5.97 Å². The summed E-state index contributed by atoms with van der Waals surface area (Å²) < 4.78 is 11.6. The molecule has 0 radical (unpaired) electrons. The molecule has 2 unspecified atom stereocenters. The molecule has 8 nitrogen and oxygen atoms in total. The number of carbonyl (C=O) groups excluding carboxylic acids is 1. The number of carbonyl (C=O) groups is 1. The smallest absolute Gasteiger partial charge is 0.343 e. The highest BCUT2D eigenvalue weighted by Gasteiger charge is 2.28. The highest BCUT2D eigenvalue weighted by molar-refractivity contribution is 5.95. The Kier molecular flexibility index (Phi) is 8.47. The van der Waals surface area contributed by atoms with Gasteiger partial charge in [-0.1, -0.05) is 36.8 Å². The summed E-state index contributed by atoms with van der Waals surface area (Å²) in [7, 11) is 0. The van der Waals surface area contributed by atoms with Gasteiger partial charge in [-0.25, -0.2) is 9.79 Å². The van der Waals surface area contributed by atoms with E-state index in [4.69, 9.17) is 14.5 Å². The van der Waals surface area contributed by atoms with Crippen molar-refractivity contribution in [3.8, 4) is 11.5 Å². The summed E-state index contributed by atoms with van der Waals surface area (Å²) in [6.45, 7) is 10.2. The fourth-order valence-electron chi connectivity index (χ4n) is 5.59. The molecule has 0 saturated carbocycles. The zero-order valence-electron chi connectivity index (χ0n) is 24.9. The summed E-state index contributed by atoms with van der Waals surface area (Å²) in [5.41, 5.74) is 6.36. The van der Waals surface area contributed by atoms with Crippen LogP contribution in [0, 0.1) is 19.8 Å². The maximum Gasteiger partial charge on any atom is 0.343 e. The van der Waals surface area contributed by atoms with Crippen molar-refractivity contribution in [1.82, 2.24) is 4.90 Å². The first-order valence-corrected chi connectivity index (χ1v) is 15.0. The summed E-state index contributed by atoms with van der Waals surface area (Å²) in [5, 5.41) is 12.2. The molecule has 0 aromatic heterocycles. The van der Waals surface area contributed by atoms with Crippen molar-refractivity contribution in [2.45, 2.75) is 39.7 Å². The average Bonchev–Trinajstić information content (AvgIpc) is 3.53. The van der Waals surface area contributed by atoms with Crippen LogP contribution in [0.3, 0.4) is 0 Å². The van der Waals surface area contributed by atoms with E-state index >= 15 is 0 Å². The van der Waals surface area contributed by atoms with E-state index in [1.807, 2.05) is 74.5 Å². The number of fused-ring (bicyclic) bond motifs is 1. The van der Waals surface area contributed by atoms with Gasteiger partial charge in [-0.15, -0.1) is 10.2 Å². The number of ether oxygens (including phenoxy) is 2. The van der Waals surface area contributed by atoms with E-state index in [0.29, 0.717) is 23.9 Å². The molecule has 1 N–H and O–H groups in total. The minimum atomic E-state index is -0.380. The molecule has 3 aromatic carbocycles.